The molecule has 5 nitrogen and oxygen atoms in total. The van der Waals surface area contributed by atoms with Crippen LogP contribution in [0.25, 0.3) is 0 Å². The second-order valence-electron chi connectivity index (χ2n) is 6.42. The fourth-order valence-corrected chi connectivity index (χ4v) is 3.19. The molecule has 1 aliphatic heterocycles. The van der Waals surface area contributed by atoms with Crippen molar-refractivity contribution in [3.63, 3.8) is 0 Å². The number of esters is 1. The van der Waals surface area contributed by atoms with Gasteiger partial charge in [-0.25, -0.2) is 0 Å². The number of rotatable bonds is 7. The predicted octanol–water partition coefficient (Wildman–Crippen LogP) is 4.41. The molecule has 0 spiro atoms. The lowest BCUT2D eigenvalue weighted by atomic mass is 9.86. The smallest absolute Gasteiger partial charge is 0.312 e. The molecule has 0 bridgehead atoms. The van der Waals surface area contributed by atoms with Crippen LogP contribution in [0.2, 0.25) is 0 Å². The molecule has 2 aromatic rings. The van der Waals surface area contributed by atoms with Gasteiger partial charge in [-0.05, 0) is 30.2 Å². The SMILES string of the molecule is CCCCCOc1cc(C2CC(=O)Oc3cc(O)ccc32)ccc1OC. The van der Waals surface area contributed by atoms with Crippen LogP contribution in [0.3, 0.4) is 0 Å². The molecule has 0 amide bonds. The minimum Gasteiger partial charge on any atom is -0.508 e. The molecule has 1 heterocycles. The zero-order valence-electron chi connectivity index (χ0n) is 15.2. The molecular weight excluding hydrogens is 332 g/mol. The standard InChI is InChI=1S/C21H24O5/c1-3-4-5-10-25-20-11-14(6-9-18(20)24-2)17-13-21(23)26-19-12-15(22)7-8-16(17)19/h6-9,11-12,17,22H,3-5,10,13H2,1-2H3. The monoisotopic (exact) mass is 356 g/mol. The summed E-state index contributed by atoms with van der Waals surface area (Å²) in [7, 11) is 1.62. The molecule has 1 unspecified atom stereocenters. The summed E-state index contributed by atoms with van der Waals surface area (Å²) in [4.78, 5) is 12.0. The second kappa shape index (κ2) is 8.13. The molecule has 0 saturated carbocycles. The van der Waals surface area contributed by atoms with E-state index in [1.165, 1.54) is 6.07 Å². The van der Waals surface area contributed by atoms with Gasteiger partial charge in [-0.1, -0.05) is 31.9 Å². The predicted molar refractivity (Wildman–Crippen MR) is 98.2 cm³/mol. The third-order valence-corrected chi connectivity index (χ3v) is 4.56. The topological polar surface area (TPSA) is 65.0 Å². The van der Waals surface area contributed by atoms with Crippen molar-refractivity contribution in [2.24, 2.45) is 0 Å². The number of fused-ring (bicyclic) bond motifs is 1. The molecule has 5 heteroatoms. The van der Waals surface area contributed by atoms with Crippen molar-refractivity contribution >= 4 is 5.97 Å². The highest BCUT2D eigenvalue weighted by molar-refractivity contribution is 5.78. The van der Waals surface area contributed by atoms with Crippen LogP contribution in [0.4, 0.5) is 0 Å². The lowest BCUT2D eigenvalue weighted by Crippen LogP contribution is -2.21. The van der Waals surface area contributed by atoms with E-state index in [0.717, 1.165) is 30.4 Å². The first-order valence-corrected chi connectivity index (χ1v) is 8.96. The van der Waals surface area contributed by atoms with E-state index in [0.29, 0.717) is 23.9 Å². The normalized spacial score (nSPS) is 15.9. The fourth-order valence-electron chi connectivity index (χ4n) is 3.19. The maximum Gasteiger partial charge on any atom is 0.312 e. The van der Waals surface area contributed by atoms with Crippen LogP contribution in [-0.2, 0) is 4.79 Å². The number of hydrogen-bond donors (Lipinski definition) is 1. The van der Waals surface area contributed by atoms with Crippen LogP contribution in [0, 0.1) is 0 Å². The summed E-state index contributed by atoms with van der Waals surface area (Å²) in [6, 6.07) is 10.6. The summed E-state index contributed by atoms with van der Waals surface area (Å²) in [5, 5.41) is 9.66. The van der Waals surface area contributed by atoms with Crippen molar-refractivity contribution < 1.29 is 24.1 Å². The number of phenolic OH excluding ortho intramolecular Hbond substituents is 1. The summed E-state index contributed by atoms with van der Waals surface area (Å²) < 4.78 is 16.6. The van der Waals surface area contributed by atoms with Gasteiger partial charge in [0.1, 0.15) is 11.5 Å². The van der Waals surface area contributed by atoms with Crippen molar-refractivity contribution in [1.29, 1.82) is 0 Å². The number of ether oxygens (including phenoxy) is 3. The highest BCUT2D eigenvalue weighted by atomic mass is 16.5. The van der Waals surface area contributed by atoms with Gasteiger partial charge in [0.2, 0.25) is 0 Å². The Balaban J connectivity index is 1.90. The van der Waals surface area contributed by atoms with Crippen LogP contribution in [0.15, 0.2) is 36.4 Å². The van der Waals surface area contributed by atoms with E-state index in [4.69, 9.17) is 14.2 Å². The van der Waals surface area contributed by atoms with Crippen LogP contribution in [0.1, 0.15) is 49.7 Å². The average Bonchev–Trinajstić information content (AvgIpc) is 2.64. The Hall–Kier alpha value is -2.69. The van der Waals surface area contributed by atoms with Crippen LogP contribution < -0.4 is 14.2 Å². The molecule has 0 saturated heterocycles. The first-order chi connectivity index (χ1) is 12.6. The van der Waals surface area contributed by atoms with Crippen LogP contribution in [-0.4, -0.2) is 24.8 Å². The van der Waals surface area contributed by atoms with Crippen molar-refractivity contribution in [2.45, 2.75) is 38.5 Å². The van der Waals surface area contributed by atoms with Gasteiger partial charge in [-0.2, -0.15) is 0 Å². The van der Waals surface area contributed by atoms with Gasteiger partial charge >= 0.3 is 5.97 Å². The quantitative estimate of drug-likeness (QED) is 0.452. The van der Waals surface area contributed by atoms with Crippen LogP contribution >= 0.6 is 0 Å². The van der Waals surface area contributed by atoms with Crippen LogP contribution in [0.5, 0.6) is 23.0 Å². The Morgan fingerprint density at radius 1 is 1.15 bits per heavy atom. The molecule has 0 fully saturated rings. The van der Waals surface area contributed by atoms with Gasteiger partial charge in [-0.15, -0.1) is 0 Å². The number of carbonyl (C=O) groups excluding carboxylic acids is 1. The van der Waals surface area contributed by atoms with Crippen molar-refractivity contribution in [3.05, 3.63) is 47.5 Å². The molecule has 1 N–H and O–H groups in total. The number of carbonyl (C=O) groups is 1. The number of aromatic hydroxyl groups is 1. The van der Waals surface area contributed by atoms with E-state index >= 15 is 0 Å². The molecule has 0 aromatic heterocycles. The lowest BCUT2D eigenvalue weighted by molar-refractivity contribution is -0.135. The maximum atomic E-state index is 12.0. The van der Waals surface area contributed by atoms with E-state index < -0.39 is 0 Å². The summed E-state index contributed by atoms with van der Waals surface area (Å²) in [5.41, 5.74) is 1.84. The van der Waals surface area contributed by atoms with Gasteiger partial charge in [0.15, 0.2) is 11.5 Å². The average molecular weight is 356 g/mol. The minimum atomic E-state index is -0.311. The molecule has 2 aromatic carbocycles. The molecule has 0 radical (unpaired) electrons. The third-order valence-electron chi connectivity index (χ3n) is 4.56. The zero-order valence-corrected chi connectivity index (χ0v) is 15.2. The molecule has 138 valence electrons. The van der Waals surface area contributed by atoms with E-state index in [9.17, 15) is 9.90 Å². The summed E-state index contributed by atoms with van der Waals surface area (Å²) in [5.74, 6) is 1.39. The molecule has 0 aliphatic carbocycles. The molecule has 26 heavy (non-hydrogen) atoms. The first kappa shape index (κ1) is 18.1. The number of methoxy groups -OCH3 is 1. The minimum absolute atomic E-state index is 0.0758. The number of hydrogen-bond acceptors (Lipinski definition) is 5. The Labute approximate surface area is 153 Å². The first-order valence-electron chi connectivity index (χ1n) is 8.96. The van der Waals surface area contributed by atoms with E-state index in [2.05, 4.69) is 6.92 Å². The Morgan fingerprint density at radius 2 is 2.00 bits per heavy atom. The van der Waals surface area contributed by atoms with Gasteiger partial charge in [0, 0.05) is 17.5 Å². The van der Waals surface area contributed by atoms with Gasteiger partial charge < -0.3 is 19.3 Å². The van der Waals surface area contributed by atoms with E-state index in [1.807, 2.05) is 18.2 Å². The van der Waals surface area contributed by atoms with Crippen molar-refractivity contribution in [2.75, 3.05) is 13.7 Å². The van der Waals surface area contributed by atoms with E-state index in [-0.39, 0.29) is 24.1 Å². The van der Waals surface area contributed by atoms with Crippen molar-refractivity contribution in [3.8, 4) is 23.0 Å². The van der Waals surface area contributed by atoms with Gasteiger partial charge in [-0.3, -0.25) is 4.79 Å². The third kappa shape index (κ3) is 3.93. The van der Waals surface area contributed by atoms with Gasteiger partial charge in [0.05, 0.1) is 20.1 Å². The maximum absolute atomic E-state index is 12.0. The molecule has 3 rings (SSSR count). The molecular formula is C21H24O5. The highest BCUT2D eigenvalue weighted by Crippen LogP contribution is 2.42. The number of unbranched alkanes of at least 4 members (excludes halogenated alkanes) is 2. The zero-order chi connectivity index (χ0) is 18.5. The Morgan fingerprint density at radius 3 is 2.77 bits per heavy atom. The molecule has 1 atom stereocenters. The summed E-state index contributed by atoms with van der Waals surface area (Å²) in [6.45, 7) is 2.78. The van der Waals surface area contributed by atoms with Crippen molar-refractivity contribution in [1.82, 2.24) is 0 Å². The van der Waals surface area contributed by atoms with Gasteiger partial charge in [0.25, 0.3) is 0 Å². The Kier molecular flexibility index (Phi) is 5.66. The largest absolute Gasteiger partial charge is 0.508 e. The Bertz CT molecular complexity index is 784. The summed E-state index contributed by atoms with van der Waals surface area (Å²) in [6.07, 6.45) is 3.49. The number of phenols is 1. The lowest BCUT2D eigenvalue weighted by Gasteiger charge is -2.25. The fraction of sp³-hybridized carbons (Fsp3) is 0.381. The second-order valence-corrected chi connectivity index (χ2v) is 6.42. The summed E-state index contributed by atoms with van der Waals surface area (Å²) >= 11 is 0. The molecule has 1 aliphatic rings. The van der Waals surface area contributed by atoms with E-state index in [1.54, 1.807) is 19.2 Å². The highest BCUT2D eigenvalue weighted by Gasteiger charge is 2.29. The number of benzene rings is 2.